The number of carbonyl (C=O) groups is 1. The molecule has 0 aliphatic heterocycles. The maximum Gasteiger partial charge on any atom is 0.194 e. The zero-order chi connectivity index (χ0) is 58.0. The summed E-state index contributed by atoms with van der Waals surface area (Å²) in [5.41, 5.74) is 21.3. The van der Waals surface area contributed by atoms with Gasteiger partial charge < -0.3 is 5.11 Å². The van der Waals surface area contributed by atoms with Crippen LogP contribution in [0.2, 0.25) is 0 Å². The first-order valence-electron chi connectivity index (χ1n) is 27.6. The summed E-state index contributed by atoms with van der Waals surface area (Å²) in [5.74, 6) is 0.496. The van der Waals surface area contributed by atoms with Crippen LogP contribution in [0.5, 0.6) is 0 Å². The number of hydrogen-bond acceptors (Lipinski definition) is 2. The van der Waals surface area contributed by atoms with E-state index in [9.17, 15) is 9.90 Å². The molecule has 0 heterocycles. The molecule has 1 N–H and O–H groups in total. The molecule has 0 spiro atoms. The average molecular weight is 1430 g/mol. The van der Waals surface area contributed by atoms with Crippen LogP contribution < -0.4 is 0 Å². The van der Waals surface area contributed by atoms with Crippen molar-refractivity contribution in [2.45, 2.75) is 31.3 Å². The highest BCUT2D eigenvalue weighted by molar-refractivity contribution is 9.11. The van der Waals surface area contributed by atoms with E-state index in [0.29, 0.717) is 5.92 Å². The predicted molar refractivity (Wildman–Crippen MR) is 371 cm³/mol. The van der Waals surface area contributed by atoms with Gasteiger partial charge in [-0.2, -0.15) is 0 Å². The lowest BCUT2D eigenvalue weighted by atomic mass is 9.74. The van der Waals surface area contributed by atoms with Gasteiger partial charge >= 0.3 is 0 Å². The predicted octanol–water partition coefficient (Wildman–Crippen LogP) is 22.9. The lowest BCUT2D eigenvalue weighted by Gasteiger charge is -2.28. The fourth-order valence-electron chi connectivity index (χ4n) is 12.4. The van der Waals surface area contributed by atoms with Gasteiger partial charge in [-0.3, -0.25) is 4.79 Å². The summed E-state index contributed by atoms with van der Waals surface area (Å²) < 4.78 is 5.44. The molecule has 0 unspecified atom stereocenters. The summed E-state index contributed by atoms with van der Waals surface area (Å²) >= 11 is 17.4. The average Bonchev–Trinajstić information content (AvgIpc) is 2.09. The van der Waals surface area contributed by atoms with E-state index >= 15 is 0 Å². The number of fused-ring (bicyclic) bond motifs is 12. The summed E-state index contributed by atoms with van der Waals surface area (Å²) in [4.78, 5) is 11.9. The van der Waals surface area contributed by atoms with Crippen molar-refractivity contribution in [1.82, 2.24) is 0 Å². The number of carbonyl (C=O) groups excluding carboxylic acids is 1. The minimum Gasteiger partial charge on any atom is -0.376 e. The van der Waals surface area contributed by atoms with Crippen LogP contribution in [0, 0.1) is 0 Å². The Morgan fingerprint density at radius 2 is 0.612 bits per heavy atom. The van der Waals surface area contributed by atoms with Crippen molar-refractivity contribution < 1.29 is 9.90 Å². The van der Waals surface area contributed by atoms with Crippen LogP contribution >= 0.6 is 79.6 Å². The highest BCUT2D eigenvalue weighted by Crippen LogP contribution is 2.54. The van der Waals surface area contributed by atoms with Gasteiger partial charge in [0.2, 0.25) is 0 Å². The van der Waals surface area contributed by atoms with Crippen LogP contribution in [-0.2, 0) is 11.0 Å². The van der Waals surface area contributed by atoms with Gasteiger partial charge in [0, 0.05) is 56.0 Å². The van der Waals surface area contributed by atoms with Gasteiger partial charge in [-0.1, -0.05) is 324 Å². The van der Waals surface area contributed by atoms with Gasteiger partial charge in [-0.25, -0.2) is 0 Å². The second kappa shape index (κ2) is 25.7. The summed E-state index contributed by atoms with van der Waals surface area (Å²) in [6, 6.07) is 99.8. The topological polar surface area (TPSA) is 37.3 Å². The summed E-state index contributed by atoms with van der Waals surface area (Å²) in [7, 11) is 0. The van der Waals surface area contributed by atoms with Crippen LogP contribution in [0.4, 0.5) is 0 Å². The molecule has 7 heteroatoms. The van der Waals surface area contributed by atoms with Gasteiger partial charge in [0.05, 0.1) is 0 Å². The maximum atomic E-state index is 11.9. The molecule has 16 rings (SSSR count). The Balaban J connectivity index is 0.000000113. The normalized spacial score (nSPS) is 13.2. The molecule has 4 aliphatic rings. The Morgan fingerprint density at radius 1 is 0.306 bits per heavy atom. The van der Waals surface area contributed by atoms with Crippen molar-refractivity contribution in [1.29, 1.82) is 0 Å². The Hall–Kier alpha value is -7.33. The van der Waals surface area contributed by atoms with E-state index in [4.69, 9.17) is 0 Å². The lowest BCUT2D eigenvalue weighted by molar-refractivity contribution is 0.104. The van der Waals surface area contributed by atoms with Crippen molar-refractivity contribution >= 4 is 85.4 Å². The van der Waals surface area contributed by atoms with Gasteiger partial charge in [-0.15, -0.1) is 0 Å². The monoisotopic (exact) mass is 1420 g/mol. The van der Waals surface area contributed by atoms with E-state index < -0.39 is 5.60 Å². The first-order chi connectivity index (χ1) is 40.9. The van der Waals surface area contributed by atoms with Crippen LogP contribution in [0.3, 0.4) is 0 Å². The summed E-state index contributed by atoms with van der Waals surface area (Å²) in [6.45, 7) is 2.33. The summed E-state index contributed by atoms with van der Waals surface area (Å²) in [5, 5.41) is 11.6. The minimum absolute atomic E-state index is 0. The van der Waals surface area contributed by atoms with Crippen molar-refractivity contribution in [3.8, 4) is 44.5 Å². The molecule has 416 valence electrons. The lowest BCUT2D eigenvalue weighted by Crippen LogP contribution is -2.26. The molecule has 0 saturated carbocycles. The van der Waals surface area contributed by atoms with Gasteiger partial charge in [0.1, 0.15) is 5.60 Å². The Kier molecular flexibility index (Phi) is 18.0. The number of rotatable bonds is 3. The van der Waals surface area contributed by atoms with Crippen LogP contribution in [0.15, 0.2) is 314 Å². The van der Waals surface area contributed by atoms with Crippen molar-refractivity contribution in [3.63, 3.8) is 0 Å². The van der Waals surface area contributed by atoms with Crippen LogP contribution in [0.25, 0.3) is 44.5 Å². The maximum absolute atomic E-state index is 11.9. The molecule has 0 saturated heterocycles. The Labute approximate surface area is 541 Å². The molecular formula is C78H57Br5O2. The smallest absolute Gasteiger partial charge is 0.194 e. The first kappa shape index (κ1) is 59.4. The SMILES string of the molecule is Brc1cccc(Br)c1.Brc1cccc(C2c3ccccc3-c3ccccc32)c1.C.CC1(c2cccc(Br)c2)c2ccccc2-c2ccccc21.O=C1c2ccccc2-c2ccccc21.OC1(c2cccc(Br)c2)c2ccccc2-c2ccccc21. The van der Waals surface area contributed by atoms with E-state index in [-0.39, 0.29) is 18.6 Å². The molecule has 0 amide bonds. The molecule has 0 bridgehead atoms. The molecule has 12 aromatic carbocycles. The number of benzene rings is 12. The van der Waals surface area contributed by atoms with E-state index in [1.54, 1.807) is 0 Å². The van der Waals surface area contributed by atoms with Crippen molar-refractivity contribution in [2.75, 3.05) is 0 Å². The molecule has 0 radical (unpaired) electrons. The number of aliphatic hydroxyl groups is 1. The number of hydrogen-bond donors (Lipinski definition) is 1. The van der Waals surface area contributed by atoms with Gasteiger partial charge in [-0.05, 0) is 145 Å². The molecule has 4 aliphatic carbocycles. The van der Waals surface area contributed by atoms with Crippen LogP contribution in [-0.4, -0.2) is 10.9 Å². The number of ketones is 1. The van der Waals surface area contributed by atoms with Crippen molar-refractivity contribution in [3.05, 3.63) is 375 Å². The van der Waals surface area contributed by atoms with E-state index in [1.807, 2.05) is 133 Å². The molecule has 85 heavy (non-hydrogen) atoms. The minimum atomic E-state index is -1.09. The van der Waals surface area contributed by atoms with E-state index in [0.717, 1.165) is 72.4 Å². The quantitative estimate of drug-likeness (QED) is 0.191. The van der Waals surface area contributed by atoms with Crippen LogP contribution in [0.1, 0.15) is 86.3 Å². The van der Waals surface area contributed by atoms with E-state index in [1.165, 1.54) is 55.6 Å². The molecule has 0 aromatic heterocycles. The highest BCUT2D eigenvalue weighted by Gasteiger charge is 2.43. The molecule has 0 fully saturated rings. The van der Waals surface area contributed by atoms with Crippen molar-refractivity contribution in [2.24, 2.45) is 0 Å². The third-order valence-electron chi connectivity index (χ3n) is 16.2. The Bertz CT molecular complexity index is 4090. The highest BCUT2D eigenvalue weighted by atomic mass is 79.9. The molecule has 0 atom stereocenters. The first-order valence-corrected chi connectivity index (χ1v) is 31.6. The zero-order valence-electron chi connectivity index (χ0n) is 45.5. The fourth-order valence-corrected chi connectivity index (χ4v) is 14.8. The third kappa shape index (κ3) is 11.5. The molecule has 12 aromatic rings. The van der Waals surface area contributed by atoms with Gasteiger partial charge in [0.15, 0.2) is 5.78 Å². The summed E-state index contributed by atoms with van der Waals surface area (Å²) in [6.07, 6.45) is 0. The van der Waals surface area contributed by atoms with Gasteiger partial charge in [0.25, 0.3) is 0 Å². The zero-order valence-corrected chi connectivity index (χ0v) is 53.5. The molecular weight excluding hydrogens is 1370 g/mol. The third-order valence-corrected chi connectivity index (χ3v) is 18.7. The largest absolute Gasteiger partial charge is 0.376 e. The Morgan fingerprint density at radius 3 is 1.02 bits per heavy atom. The standard InChI is InChI=1S/C20H15Br.C19H13BrO.C19H13Br.C13H8O.C6H4Br2.CH4/c1-20(14-7-6-8-15(21)13-14)18-11-4-2-9-16(18)17-10-3-5-12-19(17)20;20-14-7-5-6-13(12-14)19(21)17-10-3-1-8-15(17)16-9-2-4-11-18(16)19;20-14-7-5-6-13(12-14)19-17-10-3-1-8-15(17)16-9-2-4-11-18(16)19;14-13-11-7-3-1-5-9(11)10-6-2-4-8-12(10)13;7-5-2-1-3-6(8)4-5;/h2-13H,1H3;1-12,21H;1-12,19H;1-8H;1-4H;1H4. The number of halogens is 5. The molecule has 2 nitrogen and oxygen atoms in total. The van der Waals surface area contributed by atoms with E-state index in [2.05, 4.69) is 244 Å². The second-order valence-electron chi connectivity index (χ2n) is 21.1. The second-order valence-corrected chi connectivity index (χ2v) is 25.6. The fraction of sp³-hybridized carbons (Fsp3) is 0.0641.